The van der Waals surface area contributed by atoms with Crippen LogP contribution in [0.15, 0.2) is 18.2 Å². The zero-order chi connectivity index (χ0) is 12.3. The molecule has 0 bridgehead atoms. The van der Waals surface area contributed by atoms with Gasteiger partial charge in [-0.15, -0.1) is 0 Å². The summed E-state index contributed by atoms with van der Waals surface area (Å²) in [6.45, 7) is 2.35. The predicted octanol–water partition coefficient (Wildman–Crippen LogP) is 4.00. The van der Waals surface area contributed by atoms with Crippen LogP contribution < -0.4 is 9.47 Å². The smallest absolute Gasteiger partial charge is 0.164 e. The summed E-state index contributed by atoms with van der Waals surface area (Å²) in [6.07, 6.45) is 5.23. The second-order valence-corrected chi connectivity index (χ2v) is 5.05. The molecular weight excluding hydrogens is 212 g/mol. The van der Waals surface area contributed by atoms with E-state index in [1.165, 1.54) is 31.2 Å². The molecule has 0 aliphatic heterocycles. The first-order valence-electron chi connectivity index (χ1n) is 6.47. The molecule has 1 fully saturated rings. The molecular formula is C15H22O2. The second-order valence-electron chi connectivity index (χ2n) is 5.05. The van der Waals surface area contributed by atoms with Crippen molar-refractivity contribution in [2.45, 2.75) is 38.5 Å². The van der Waals surface area contributed by atoms with E-state index in [4.69, 9.17) is 9.47 Å². The fourth-order valence-corrected chi connectivity index (χ4v) is 2.95. The van der Waals surface area contributed by atoms with Gasteiger partial charge in [-0.25, -0.2) is 0 Å². The van der Waals surface area contributed by atoms with Crippen LogP contribution in [0.2, 0.25) is 0 Å². The minimum atomic E-state index is 0.629. The molecule has 17 heavy (non-hydrogen) atoms. The van der Waals surface area contributed by atoms with E-state index in [1.54, 1.807) is 14.2 Å². The first-order chi connectivity index (χ1) is 8.26. The van der Waals surface area contributed by atoms with Gasteiger partial charge in [-0.2, -0.15) is 0 Å². The van der Waals surface area contributed by atoms with Crippen molar-refractivity contribution in [1.82, 2.24) is 0 Å². The highest BCUT2D eigenvalue weighted by Gasteiger charge is 2.24. The molecule has 1 aromatic rings. The SMILES string of the molecule is COc1cccc(C2CCCC(C)C2)c1OC. The van der Waals surface area contributed by atoms with E-state index >= 15 is 0 Å². The van der Waals surface area contributed by atoms with Gasteiger partial charge in [0.15, 0.2) is 11.5 Å². The Kier molecular flexibility index (Phi) is 3.93. The van der Waals surface area contributed by atoms with E-state index in [0.717, 1.165) is 17.4 Å². The van der Waals surface area contributed by atoms with Crippen molar-refractivity contribution in [3.8, 4) is 11.5 Å². The Balaban J connectivity index is 2.30. The van der Waals surface area contributed by atoms with E-state index in [0.29, 0.717) is 5.92 Å². The maximum atomic E-state index is 5.53. The molecule has 94 valence electrons. The van der Waals surface area contributed by atoms with Gasteiger partial charge in [0.05, 0.1) is 14.2 Å². The summed E-state index contributed by atoms with van der Waals surface area (Å²) in [4.78, 5) is 0. The van der Waals surface area contributed by atoms with Crippen molar-refractivity contribution in [2.75, 3.05) is 14.2 Å². The van der Waals surface area contributed by atoms with Gasteiger partial charge in [-0.1, -0.05) is 31.9 Å². The number of rotatable bonds is 3. The lowest BCUT2D eigenvalue weighted by atomic mass is 9.78. The molecule has 1 saturated carbocycles. The van der Waals surface area contributed by atoms with Crippen LogP contribution in [0.25, 0.3) is 0 Å². The number of hydrogen-bond donors (Lipinski definition) is 0. The zero-order valence-corrected chi connectivity index (χ0v) is 11.0. The minimum Gasteiger partial charge on any atom is -0.493 e. The number of hydrogen-bond acceptors (Lipinski definition) is 2. The Labute approximate surface area is 104 Å². The molecule has 2 atom stereocenters. The van der Waals surface area contributed by atoms with Crippen molar-refractivity contribution in [2.24, 2.45) is 5.92 Å². The molecule has 1 aromatic carbocycles. The Bertz CT molecular complexity index is 373. The molecule has 0 saturated heterocycles. The van der Waals surface area contributed by atoms with Crippen LogP contribution in [0.3, 0.4) is 0 Å². The topological polar surface area (TPSA) is 18.5 Å². The molecule has 0 N–H and O–H groups in total. The van der Waals surface area contributed by atoms with Crippen molar-refractivity contribution in [3.05, 3.63) is 23.8 Å². The summed E-state index contributed by atoms with van der Waals surface area (Å²) in [5.41, 5.74) is 1.32. The highest BCUT2D eigenvalue weighted by Crippen LogP contribution is 2.42. The number of benzene rings is 1. The molecule has 0 heterocycles. The summed E-state index contributed by atoms with van der Waals surface area (Å²) in [5.74, 6) is 3.23. The number of methoxy groups -OCH3 is 2. The zero-order valence-electron chi connectivity index (χ0n) is 11.0. The van der Waals surface area contributed by atoms with Gasteiger partial charge in [-0.3, -0.25) is 0 Å². The van der Waals surface area contributed by atoms with Crippen LogP contribution >= 0.6 is 0 Å². The average molecular weight is 234 g/mol. The average Bonchev–Trinajstić information content (AvgIpc) is 2.37. The first kappa shape index (κ1) is 12.3. The second kappa shape index (κ2) is 5.44. The van der Waals surface area contributed by atoms with Gasteiger partial charge in [-0.05, 0) is 30.7 Å². The van der Waals surface area contributed by atoms with Crippen molar-refractivity contribution < 1.29 is 9.47 Å². The fraction of sp³-hybridized carbons (Fsp3) is 0.600. The maximum absolute atomic E-state index is 5.53. The lowest BCUT2D eigenvalue weighted by Crippen LogP contribution is -2.12. The monoisotopic (exact) mass is 234 g/mol. The van der Waals surface area contributed by atoms with E-state index < -0.39 is 0 Å². The van der Waals surface area contributed by atoms with Crippen LogP contribution in [0, 0.1) is 5.92 Å². The highest BCUT2D eigenvalue weighted by atomic mass is 16.5. The third-order valence-electron chi connectivity index (χ3n) is 3.81. The molecule has 2 unspecified atom stereocenters. The summed E-state index contributed by atoms with van der Waals surface area (Å²) in [7, 11) is 3.43. The van der Waals surface area contributed by atoms with Gasteiger partial charge in [0.25, 0.3) is 0 Å². The van der Waals surface area contributed by atoms with E-state index in [9.17, 15) is 0 Å². The minimum absolute atomic E-state index is 0.629. The van der Waals surface area contributed by atoms with Crippen molar-refractivity contribution in [1.29, 1.82) is 0 Å². The molecule has 2 rings (SSSR count). The summed E-state index contributed by atoms with van der Waals surface area (Å²) >= 11 is 0. The van der Waals surface area contributed by atoms with E-state index in [1.807, 2.05) is 6.07 Å². The predicted molar refractivity (Wildman–Crippen MR) is 69.9 cm³/mol. The first-order valence-corrected chi connectivity index (χ1v) is 6.47. The lowest BCUT2D eigenvalue weighted by Gasteiger charge is -2.28. The van der Waals surface area contributed by atoms with E-state index in [-0.39, 0.29) is 0 Å². The molecule has 2 heteroatoms. The van der Waals surface area contributed by atoms with Gasteiger partial charge in [0, 0.05) is 5.56 Å². The Morgan fingerprint density at radius 2 is 1.94 bits per heavy atom. The van der Waals surface area contributed by atoms with Crippen molar-refractivity contribution in [3.63, 3.8) is 0 Å². The standard InChI is InChI=1S/C15H22O2/c1-11-6-4-7-12(10-11)13-8-5-9-14(16-2)15(13)17-3/h5,8-9,11-12H,4,6-7,10H2,1-3H3. The molecule has 0 aromatic heterocycles. The number of ether oxygens (including phenoxy) is 2. The molecule has 0 radical (unpaired) electrons. The number of para-hydroxylation sites is 1. The molecule has 0 amide bonds. The molecule has 1 aliphatic carbocycles. The van der Waals surface area contributed by atoms with E-state index in [2.05, 4.69) is 19.1 Å². The summed E-state index contributed by atoms with van der Waals surface area (Å²) < 4.78 is 10.9. The normalized spacial score (nSPS) is 24.4. The molecule has 1 aliphatic rings. The molecule has 2 nitrogen and oxygen atoms in total. The molecule has 0 spiro atoms. The van der Waals surface area contributed by atoms with Gasteiger partial charge in [0.2, 0.25) is 0 Å². The Hall–Kier alpha value is -1.18. The van der Waals surface area contributed by atoms with Gasteiger partial charge >= 0.3 is 0 Å². The third-order valence-corrected chi connectivity index (χ3v) is 3.81. The highest BCUT2D eigenvalue weighted by molar-refractivity contribution is 5.48. The van der Waals surface area contributed by atoms with Crippen LogP contribution in [-0.2, 0) is 0 Å². The Morgan fingerprint density at radius 3 is 2.59 bits per heavy atom. The van der Waals surface area contributed by atoms with Crippen LogP contribution in [0.4, 0.5) is 0 Å². The lowest BCUT2D eigenvalue weighted by molar-refractivity contribution is 0.320. The van der Waals surface area contributed by atoms with Crippen LogP contribution in [0.1, 0.15) is 44.1 Å². The maximum Gasteiger partial charge on any atom is 0.164 e. The van der Waals surface area contributed by atoms with Gasteiger partial charge < -0.3 is 9.47 Å². The quantitative estimate of drug-likeness (QED) is 0.787. The van der Waals surface area contributed by atoms with Gasteiger partial charge in [0.1, 0.15) is 0 Å². The summed E-state index contributed by atoms with van der Waals surface area (Å²) in [5, 5.41) is 0. The van der Waals surface area contributed by atoms with Crippen LogP contribution in [-0.4, -0.2) is 14.2 Å². The van der Waals surface area contributed by atoms with Crippen LogP contribution in [0.5, 0.6) is 11.5 Å². The fourth-order valence-electron chi connectivity index (χ4n) is 2.95. The van der Waals surface area contributed by atoms with Crippen molar-refractivity contribution >= 4 is 0 Å². The Morgan fingerprint density at radius 1 is 1.12 bits per heavy atom. The largest absolute Gasteiger partial charge is 0.493 e. The summed E-state index contributed by atoms with van der Waals surface area (Å²) in [6, 6.07) is 6.22. The third kappa shape index (κ3) is 2.56.